The fourth-order valence-corrected chi connectivity index (χ4v) is 3.33. The summed E-state index contributed by atoms with van der Waals surface area (Å²) in [6, 6.07) is 13.0. The normalized spacial score (nSPS) is 16.1. The lowest BCUT2D eigenvalue weighted by Crippen LogP contribution is -2.32. The van der Waals surface area contributed by atoms with Crippen molar-refractivity contribution in [3.8, 4) is 5.75 Å². The van der Waals surface area contributed by atoms with Crippen LogP contribution < -0.4 is 4.74 Å². The van der Waals surface area contributed by atoms with Crippen LogP contribution in [0.25, 0.3) is 0 Å². The van der Waals surface area contributed by atoms with Crippen LogP contribution in [0.1, 0.15) is 23.1 Å². The molecule has 0 unspecified atom stereocenters. The minimum Gasteiger partial charge on any atom is -0.497 e. The van der Waals surface area contributed by atoms with Gasteiger partial charge in [-0.2, -0.15) is 13.2 Å². The molecule has 1 amide bonds. The second kappa shape index (κ2) is 8.65. The molecule has 7 heteroatoms. The van der Waals surface area contributed by atoms with Crippen molar-refractivity contribution >= 4 is 5.91 Å². The van der Waals surface area contributed by atoms with Gasteiger partial charge in [0, 0.05) is 39.1 Å². The van der Waals surface area contributed by atoms with E-state index in [9.17, 15) is 18.0 Å². The van der Waals surface area contributed by atoms with Gasteiger partial charge < -0.3 is 9.64 Å². The predicted octanol–water partition coefficient (Wildman–Crippen LogP) is 3.95. The number of alkyl halides is 3. The zero-order chi connectivity index (χ0) is 20.1. The van der Waals surface area contributed by atoms with Crippen molar-refractivity contribution in [3.63, 3.8) is 0 Å². The van der Waals surface area contributed by atoms with Gasteiger partial charge in [0.2, 0.25) is 5.91 Å². The summed E-state index contributed by atoms with van der Waals surface area (Å²) < 4.78 is 44.0. The number of methoxy groups -OCH3 is 1. The molecule has 150 valence electrons. The molecule has 2 aromatic carbocycles. The lowest BCUT2D eigenvalue weighted by Gasteiger charge is -2.22. The Bertz CT molecular complexity index is 823. The Kier molecular flexibility index (Phi) is 6.24. The van der Waals surface area contributed by atoms with Crippen molar-refractivity contribution in [1.82, 2.24) is 9.80 Å². The summed E-state index contributed by atoms with van der Waals surface area (Å²) in [5, 5.41) is 0. The molecule has 0 N–H and O–H groups in total. The molecule has 0 bridgehead atoms. The van der Waals surface area contributed by atoms with Crippen molar-refractivity contribution in [1.29, 1.82) is 0 Å². The van der Waals surface area contributed by atoms with Gasteiger partial charge in [-0.15, -0.1) is 0 Å². The molecule has 4 nitrogen and oxygen atoms in total. The van der Waals surface area contributed by atoms with Gasteiger partial charge >= 0.3 is 6.18 Å². The average molecular weight is 392 g/mol. The number of nitrogens with zero attached hydrogens (tertiary/aromatic N) is 2. The lowest BCUT2D eigenvalue weighted by molar-refractivity contribution is -0.137. The summed E-state index contributed by atoms with van der Waals surface area (Å²) in [7, 11) is 1.62. The monoisotopic (exact) mass is 392 g/mol. The van der Waals surface area contributed by atoms with Crippen molar-refractivity contribution in [2.24, 2.45) is 0 Å². The summed E-state index contributed by atoms with van der Waals surface area (Å²) in [4.78, 5) is 16.3. The summed E-state index contributed by atoms with van der Waals surface area (Å²) in [6.45, 7) is 2.66. The summed E-state index contributed by atoms with van der Waals surface area (Å²) >= 11 is 0. The summed E-state index contributed by atoms with van der Waals surface area (Å²) in [5.41, 5.74) is 0.898. The molecule has 1 aliphatic rings. The summed E-state index contributed by atoms with van der Waals surface area (Å²) in [6.07, 6.45) is -4.03. The highest BCUT2D eigenvalue weighted by atomic mass is 19.4. The third kappa shape index (κ3) is 5.25. The van der Waals surface area contributed by atoms with E-state index in [2.05, 4.69) is 4.90 Å². The van der Waals surface area contributed by atoms with E-state index in [0.717, 1.165) is 23.4 Å². The van der Waals surface area contributed by atoms with E-state index in [4.69, 9.17) is 4.74 Å². The Morgan fingerprint density at radius 1 is 0.964 bits per heavy atom. The molecule has 1 heterocycles. The Morgan fingerprint density at radius 2 is 1.68 bits per heavy atom. The number of carbonyl (C=O) groups is 1. The van der Waals surface area contributed by atoms with Crippen LogP contribution in [0, 0.1) is 0 Å². The molecule has 0 spiro atoms. The number of amides is 1. The first-order chi connectivity index (χ1) is 13.3. The van der Waals surface area contributed by atoms with Crippen LogP contribution >= 0.6 is 0 Å². The highest BCUT2D eigenvalue weighted by Gasteiger charge is 2.30. The highest BCUT2D eigenvalue weighted by molar-refractivity contribution is 5.76. The molecule has 28 heavy (non-hydrogen) atoms. The predicted molar refractivity (Wildman–Crippen MR) is 99.7 cm³/mol. The molecular weight excluding hydrogens is 369 g/mol. The second-order valence-corrected chi connectivity index (χ2v) is 6.89. The van der Waals surface area contributed by atoms with E-state index in [1.165, 1.54) is 6.07 Å². The zero-order valence-electron chi connectivity index (χ0n) is 15.7. The van der Waals surface area contributed by atoms with Crippen molar-refractivity contribution in [2.75, 3.05) is 26.7 Å². The molecule has 0 atom stereocenters. The quantitative estimate of drug-likeness (QED) is 0.773. The van der Waals surface area contributed by atoms with Gasteiger partial charge in [-0.1, -0.05) is 24.3 Å². The van der Waals surface area contributed by atoms with Gasteiger partial charge in [-0.25, -0.2) is 0 Å². The third-order valence-electron chi connectivity index (χ3n) is 4.85. The first-order valence-corrected chi connectivity index (χ1v) is 9.14. The van der Waals surface area contributed by atoms with Crippen LogP contribution in [0.15, 0.2) is 48.5 Å². The van der Waals surface area contributed by atoms with Gasteiger partial charge in [-0.05, 0) is 35.4 Å². The van der Waals surface area contributed by atoms with Crippen LogP contribution in [0.2, 0.25) is 0 Å². The standard InChI is InChI=1S/C21H23F3N2O2/c1-28-19-7-3-5-17(13-19)14-25-9-8-20(27)26(11-10-25)15-16-4-2-6-18(12-16)21(22,23)24/h2-7,12-13H,8-11,14-15H2,1H3. The van der Waals surface area contributed by atoms with E-state index in [1.807, 2.05) is 24.3 Å². The lowest BCUT2D eigenvalue weighted by atomic mass is 10.1. The van der Waals surface area contributed by atoms with Crippen LogP contribution in [0.5, 0.6) is 5.75 Å². The molecular formula is C21H23F3N2O2. The van der Waals surface area contributed by atoms with Crippen LogP contribution in [-0.4, -0.2) is 42.5 Å². The van der Waals surface area contributed by atoms with Crippen LogP contribution in [0.4, 0.5) is 13.2 Å². The Hall–Kier alpha value is -2.54. The van der Waals surface area contributed by atoms with Crippen molar-refractivity contribution in [3.05, 3.63) is 65.2 Å². The number of hydrogen-bond donors (Lipinski definition) is 0. The van der Waals surface area contributed by atoms with Crippen LogP contribution in [0.3, 0.4) is 0 Å². The highest BCUT2D eigenvalue weighted by Crippen LogP contribution is 2.30. The molecule has 0 aromatic heterocycles. The molecule has 1 aliphatic heterocycles. The number of ether oxygens (including phenoxy) is 1. The minimum atomic E-state index is -4.38. The second-order valence-electron chi connectivity index (χ2n) is 6.89. The summed E-state index contributed by atoms with van der Waals surface area (Å²) in [5.74, 6) is 0.750. The van der Waals surface area contributed by atoms with Gasteiger partial charge in [0.1, 0.15) is 5.75 Å². The number of hydrogen-bond acceptors (Lipinski definition) is 3. The topological polar surface area (TPSA) is 32.8 Å². The number of benzene rings is 2. The fourth-order valence-electron chi connectivity index (χ4n) is 3.33. The van der Waals surface area contributed by atoms with Crippen molar-refractivity contribution in [2.45, 2.75) is 25.7 Å². The smallest absolute Gasteiger partial charge is 0.416 e. The minimum absolute atomic E-state index is 0.0365. The SMILES string of the molecule is COc1cccc(CN2CCC(=O)N(Cc3cccc(C(F)(F)F)c3)CC2)c1. The number of carbonyl (C=O) groups excluding carboxylic acids is 1. The van der Waals surface area contributed by atoms with Gasteiger partial charge in [-0.3, -0.25) is 9.69 Å². The average Bonchev–Trinajstić information content (AvgIpc) is 2.84. The first kappa shape index (κ1) is 20.2. The van der Waals surface area contributed by atoms with Crippen LogP contribution in [-0.2, 0) is 24.1 Å². The molecule has 3 rings (SSSR count). The molecule has 1 fully saturated rings. The van der Waals surface area contributed by atoms with Crippen molar-refractivity contribution < 1.29 is 22.7 Å². The molecule has 1 saturated heterocycles. The van der Waals surface area contributed by atoms with Gasteiger partial charge in [0.15, 0.2) is 0 Å². The maximum absolute atomic E-state index is 12.9. The first-order valence-electron chi connectivity index (χ1n) is 9.14. The molecule has 0 aliphatic carbocycles. The Morgan fingerprint density at radius 3 is 2.39 bits per heavy atom. The van der Waals surface area contributed by atoms with E-state index in [1.54, 1.807) is 18.1 Å². The zero-order valence-corrected chi connectivity index (χ0v) is 15.7. The number of halogens is 3. The molecule has 0 saturated carbocycles. The molecule has 0 radical (unpaired) electrons. The third-order valence-corrected chi connectivity index (χ3v) is 4.85. The number of rotatable bonds is 5. The van der Waals surface area contributed by atoms with E-state index >= 15 is 0 Å². The van der Waals surface area contributed by atoms with Gasteiger partial charge in [0.05, 0.1) is 12.7 Å². The van der Waals surface area contributed by atoms with Gasteiger partial charge in [0.25, 0.3) is 0 Å². The van der Waals surface area contributed by atoms with E-state index in [0.29, 0.717) is 38.2 Å². The Balaban J connectivity index is 1.63. The van der Waals surface area contributed by atoms with E-state index in [-0.39, 0.29) is 12.5 Å². The maximum Gasteiger partial charge on any atom is 0.416 e. The maximum atomic E-state index is 12.9. The molecule has 2 aromatic rings. The Labute approximate surface area is 162 Å². The van der Waals surface area contributed by atoms with E-state index < -0.39 is 11.7 Å². The fraction of sp³-hybridized carbons (Fsp3) is 0.381. The largest absolute Gasteiger partial charge is 0.497 e.